The fourth-order valence-corrected chi connectivity index (χ4v) is 3.43. The number of hydrogen-bond donors (Lipinski definition) is 2. The summed E-state index contributed by atoms with van der Waals surface area (Å²) in [5, 5.41) is 6.01. The van der Waals surface area contributed by atoms with E-state index in [0.717, 1.165) is 61.4 Å². The Morgan fingerprint density at radius 3 is 2.37 bits per heavy atom. The van der Waals surface area contributed by atoms with Crippen molar-refractivity contribution in [2.75, 3.05) is 25.0 Å². The van der Waals surface area contributed by atoms with Crippen LogP contribution in [-0.4, -0.2) is 46.1 Å². The summed E-state index contributed by atoms with van der Waals surface area (Å²) in [4.78, 5) is 25.6. The number of anilines is 1. The normalized spacial score (nSPS) is 15.8. The number of piperidine rings is 1. The molecule has 2 amide bonds. The molecular weight excluding hydrogens is 399 g/mol. The molecule has 0 bridgehead atoms. The molecule has 1 aromatic heterocycles. The second-order valence-electron chi connectivity index (χ2n) is 7.41. The molecule has 1 aliphatic rings. The van der Waals surface area contributed by atoms with Gasteiger partial charge in [0.15, 0.2) is 5.69 Å². The molecule has 2 aromatic rings. The number of nitrogens with two attached hydrogens (primary N) is 1. The number of primary amides is 1. The SMILES string of the molecule is NC(=O)C1CCN(CCc2ccc(NC(=O)Cn3ccc(C(F)(F)F)n3)cc2)CC1. The molecule has 0 atom stereocenters. The molecule has 2 heterocycles. The van der Waals surface area contributed by atoms with Crippen LogP contribution < -0.4 is 11.1 Å². The highest BCUT2D eigenvalue weighted by Gasteiger charge is 2.33. The number of carbonyl (C=O) groups excluding carboxylic acids is 2. The van der Waals surface area contributed by atoms with Gasteiger partial charge in [-0.25, -0.2) is 0 Å². The maximum Gasteiger partial charge on any atom is 0.435 e. The summed E-state index contributed by atoms with van der Waals surface area (Å²) >= 11 is 0. The van der Waals surface area contributed by atoms with Crippen LogP contribution in [0.3, 0.4) is 0 Å². The summed E-state index contributed by atoms with van der Waals surface area (Å²) in [6, 6.07) is 8.16. The number of alkyl halides is 3. The van der Waals surface area contributed by atoms with Gasteiger partial charge in [-0.3, -0.25) is 14.3 Å². The van der Waals surface area contributed by atoms with Crippen molar-refractivity contribution in [2.24, 2.45) is 11.7 Å². The molecule has 1 saturated heterocycles. The number of hydrogen-bond acceptors (Lipinski definition) is 4. The Kier molecular flexibility index (Phi) is 6.76. The van der Waals surface area contributed by atoms with Gasteiger partial charge in [-0.15, -0.1) is 0 Å². The van der Waals surface area contributed by atoms with E-state index in [0.29, 0.717) is 5.69 Å². The zero-order chi connectivity index (χ0) is 21.7. The van der Waals surface area contributed by atoms with Crippen molar-refractivity contribution in [1.82, 2.24) is 14.7 Å². The second-order valence-corrected chi connectivity index (χ2v) is 7.41. The molecule has 1 aromatic carbocycles. The van der Waals surface area contributed by atoms with Crippen molar-refractivity contribution < 1.29 is 22.8 Å². The largest absolute Gasteiger partial charge is 0.435 e. The van der Waals surface area contributed by atoms with Crippen molar-refractivity contribution in [3.63, 3.8) is 0 Å². The lowest BCUT2D eigenvalue weighted by atomic mass is 9.96. The van der Waals surface area contributed by atoms with E-state index in [9.17, 15) is 22.8 Å². The summed E-state index contributed by atoms with van der Waals surface area (Å²) in [7, 11) is 0. The van der Waals surface area contributed by atoms with Gasteiger partial charge in [0.2, 0.25) is 11.8 Å². The van der Waals surface area contributed by atoms with Crippen molar-refractivity contribution in [3.8, 4) is 0 Å². The first kappa shape index (κ1) is 21.8. The minimum atomic E-state index is -4.53. The lowest BCUT2D eigenvalue weighted by Crippen LogP contribution is -2.39. The van der Waals surface area contributed by atoms with Crippen LogP contribution in [0.4, 0.5) is 18.9 Å². The molecule has 3 rings (SSSR count). The van der Waals surface area contributed by atoms with Gasteiger partial charge >= 0.3 is 6.18 Å². The van der Waals surface area contributed by atoms with Gasteiger partial charge in [0.05, 0.1) is 0 Å². The highest BCUT2D eigenvalue weighted by molar-refractivity contribution is 5.90. The van der Waals surface area contributed by atoms with Crippen molar-refractivity contribution in [3.05, 3.63) is 47.8 Å². The molecule has 30 heavy (non-hydrogen) atoms. The van der Waals surface area contributed by atoms with Crippen molar-refractivity contribution >= 4 is 17.5 Å². The van der Waals surface area contributed by atoms with Gasteiger partial charge in [0.25, 0.3) is 0 Å². The maximum absolute atomic E-state index is 12.6. The number of halogens is 3. The van der Waals surface area contributed by atoms with Crippen LogP contribution in [0, 0.1) is 5.92 Å². The molecule has 0 radical (unpaired) electrons. The highest BCUT2D eigenvalue weighted by Crippen LogP contribution is 2.27. The summed E-state index contributed by atoms with van der Waals surface area (Å²) in [5.74, 6) is -0.705. The van der Waals surface area contributed by atoms with E-state index in [1.807, 2.05) is 12.1 Å². The van der Waals surface area contributed by atoms with E-state index in [4.69, 9.17) is 5.73 Å². The number of nitrogens with zero attached hydrogens (tertiary/aromatic N) is 3. The molecule has 10 heteroatoms. The molecule has 1 aliphatic heterocycles. The van der Waals surface area contributed by atoms with Gasteiger partial charge in [-0.05, 0) is 56.1 Å². The van der Waals surface area contributed by atoms with E-state index in [1.54, 1.807) is 12.1 Å². The van der Waals surface area contributed by atoms with E-state index >= 15 is 0 Å². The van der Waals surface area contributed by atoms with Crippen LogP contribution in [0.1, 0.15) is 24.1 Å². The van der Waals surface area contributed by atoms with Gasteiger partial charge in [0.1, 0.15) is 6.54 Å². The monoisotopic (exact) mass is 423 g/mol. The third-order valence-electron chi connectivity index (χ3n) is 5.18. The molecule has 1 fully saturated rings. The van der Waals surface area contributed by atoms with Gasteiger partial charge < -0.3 is 16.0 Å². The first-order valence-corrected chi connectivity index (χ1v) is 9.72. The third-order valence-corrected chi connectivity index (χ3v) is 5.18. The Hall–Kier alpha value is -2.88. The van der Waals surface area contributed by atoms with Crippen LogP contribution >= 0.6 is 0 Å². The zero-order valence-corrected chi connectivity index (χ0v) is 16.4. The van der Waals surface area contributed by atoms with Gasteiger partial charge in [0, 0.05) is 24.3 Å². The Bertz CT molecular complexity index is 871. The van der Waals surface area contributed by atoms with Crippen LogP contribution in [0.15, 0.2) is 36.5 Å². The minimum Gasteiger partial charge on any atom is -0.369 e. The Morgan fingerprint density at radius 1 is 1.13 bits per heavy atom. The lowest BCUT2D eigenvalue weighted by Gasteiger charge is -2.30. The summed E-state index contributed by atoms with van der Waals surface area (Å²) in [6.07, 6.45) is -0.988. The van der Waals surface area contributed by atoms with Gasteiger partial charge in [-0.2, -0.15) is 18.3 Å². The van der Waals surface area contributed by atoms with Crippen molar-refractivity contribution in [2.45, 2.75) is 32.0 Å². The number of rotatable bonds is 7. The average molecular weight is 423 g/mol. The fourth-order valence-electron chi connectivity index (χ4n) is 3.43. The Labute approximate surface area is 172 Å². The summed E-state index contributed by atoms with van der Waals surface area (Å²) < 4.78 is 38.6. The first-order valence-electron chi connectivity index (χ1n) is 9.72. The number of nitrogens with one attached hydrogen (secondary N) is 1. The maximum atomic E-state index is 12.6. The molecule has 0 spiro atoms. The Balaban J connectivity index is 1.43. The summed E-state index contributed by atoms with van der Waals surface area (Å²) in [5.41, 5.74) is 5.99. The molecule has 0 aliphatic carbocycles. The average Bonchev–Trinajstić information content (AvgIpc) is 3.16. The predicted molar refractivity (Wildman–Crippen MR) is 104 cm³/mol. The smallest absolute Gasteiger partial charge is 0.369 e. The number of carbonyl (C=O) groups is 2. The van der Waals surface area contributed by atoms with Gasteiger partial charge in [-0.1, -0.05) is 12.1 Å². The topological polar surface area (TPSA) is 93.3 Å². The quantitative estimate of drug-likeness (QED) is 0.715. The fraction of sp³-hybridized carbons (Fsp3) is 0.450. The summed E-state index contributed by atoms with van der Waals surface area (Å²) in [6.45, 7) is 2.27. The van der Waals surface area contributed by atoms with E-state index in [-0.39, 0.29) is 18.4 Å². The first-order chi connectivity index (χ1) is 14.2. The number of aromatic nitrogens is 2. The number of likely N-dealkylation sites (tertiary alicyclic amines) is 1. The van der Waals surface area contributed by atoms with E-state index < -0.39 is 17.8 Å². The molecule has 3 N–H and O–H groups in total. The predicted octanol–water partition coefficient (Wildman–Crippen LogP) is 2.28. The minimum absolute atomic E-state index is 0.0223. The molecule has 162 valence electrons. The Morgan fingerprint density at radius 2 is 1.80 bits per heavy atom. The van der Waals surface area contributed by atoms with E-state index in [2.05, 4.69) is 15.3 Å². The molecule has 0 unspecified atom stereocenters. The van der Waals surface area contributed by atoms with Crippen LogP contribution in [0.2, 0.25) is 0 Å². The third kappa shape index (κ3) is 6.06. The molecule has 7 nitrogen and oxygen atoms in total. The van der Waals surface area contributed by atoms with Crippen LogP contribution in [0.5, 0.6) is 0 Å². The van der Waals surface area contributed by atoms with Crippen LogP contribution in [0.25, 0.3) is 0 Å². The zero-order valence-electron chi connectivity index (χ0n) is 16.4. The highest BCUT2D eigenvalue weighted by atomic mass is 19.4. The van der Waals surface area contributed by atoms with E-state index in [1.165, 1.54) is 0 Å². The number of benzene rings is 1. The lowest BCUT2D eigenvalue weighted by molar-refractivity contribution is -0.141. The van der Waals surface area contributed by atoms with Crippen molar-refractivity contribution in [1.29, 1.82) is 0 Å². The number of amides is 2. The second kappa shape index (κ2) is 9.29. The van der Waals surface area contributed by atoms with Crippen LogP contribution in [-0.2, 0) is 28.7 Å². The molecule has 0 saturated carbocycles. The standard InChI is InChI=1S/C20H24F3N5O2/c21-20(22,23)17-8-12-28(26-17)13-18(29)25-16-3-1-14(2-4-16)5-9-27-10-6-15(7-11-27)19(24)30/h1-4,8,12,15H,5-7,9-11,13H2,(H2,24,30)(H,25,29). The molecular formula is C20H24F3N5O2.